The van der Waals surface area contributed by atoms with E-state index >= 15 is 0 Å². The van der Waals surface area contributed by atoms with Crippen LogP contribution in [0.15, 0.2) is 6.07 Å². The number of fused-ring (bicyclic) bond motifs is 1. The topological polar surface area (TPSA) is 41.4 Å². The van der Waals surface area contributed by atoms with Gasteiger partial charge in [-0.05, 0) is 25.8 Å². The van der Waals surface area contributed by atoms with E-state index in [1.54, 1.807) is 19.0 Å². The van der Waals surface area contributed by atoms with Gasteiger partial charge in [0, 0.05) is 32.7 Å². The van der Waals surface area contributed by atoms with Gasteiger partial charge in [0.05, 0.1) is 12.2 Å². The molecule has 19 heavy (non-hydrogen) atoms. The number of amides is 1. The van der Waals surface area contributed by atoms with Crippen molar-refractivity contribution in [2.24, 2.45) is 0 Å². The summed E-state index contributed by atoms with van der Waals surface area (Å²) in [4.78, 5) is 16.1. The van der Waals surface area contributed by atoms with Crippen LogP contribution in [-0.4, -0.2) is 51.7 Å². The Morgan fingerprint density at radius 2 is 2.16 bits per heavy atom. The molecule has 1 aliphatic heterocycles. The molecule has 5 nitrogen and oxygen atoms in total. The molecule has 2 aliphatic rings. The summed E-state index contributed by atoms with van der Waals surface area (Å²) >= 11 is 0. The summed E-state index contributed by atoms with van der Waals surface area (Å²) in [6.45, 7) is 4.09. The standard InChI is InChI=1S/C14H22N4O/c1-10-8-18-12(9-17(10)11-5-4-6-11)7-13(15-18)14(19)16(2)3/h7,10-11H,4-6,8-9H2,1-3H3. The predicted octanol–water partition coefficient (Wildman–Crippen LogP) is 1.34. The number of nitrogens with zero attached hydrogens (tertiary/aromatic N) is 4. The molecule has 104 valence electrons. The van der Waals surface area contributed by atoms with Gasteiger partial charge in [0.1, 0.15) is 0 Å². The number of rotatable bonds is 2. The van der Waals surface area contributed by atoms with E-state index in [1.165, 1.54) is 25.0 Å². The Kier molecular flexibility index (Phi) is 3.09. The van der Waals surface area contributed by atoms with Crippen LogP contribution in [0.4, 0.5) is 0 Å². The van der Waals surface area contributed by atoms with Crippen molar-refractivity contribution in [1.82, 2.24) is 19.6 Å². The summed E-state index contributed by atoms with van der Waals surface area (Å²) in [5.74, 6) is -0.00949. The number of hydrogen-bond donors (Lipinski definition) is 0. The first-order chi connectivity index (χ1) is 9.06. The summed E-state index contributed by atoms with van der Waals surface area (Å²) in [5.41, 5.74) is 1.75. The number of carbonyl (C=O) groups excluding carboxylic acids is 1. The highest BCUT2D eigenvalue weighted by Gasteiger charge is 2.33. The molecule has 5 heteroatoms. The normalized spacial score (nSPS) is 23.8. The molecule has 1 saturated carbocycles. The van der Waals surface area contributed by atoms with Crippen molar-refractivity contribution in [3.8, 4) is 0 Å². The maximum Gasteiger partial charge on any atom is 0.273 e. The smallest absolute Gasteiger partial charge is 0.273 e. The van der Waals surface area contributed by atoms with Gasteiger partial charge in [0.2, 0.25) is 0 Å². The molecule has 0 radical (unpaired) electrons. The Balaban J connectivity index is 1.82. The quantitative estimate of drug-likeness (QED) is 0.807. The highest BCUT2D eigenvalue weighted by atomic mass is 16.2. The molecule has 0 aromatic carbocycles. The van der Waals surface area contributed by atoms with Crippen LogP contribution in [0.1, 0.15) is 42.4 Å². The lowest BCUT2D eigenvalue weighted by molar-refractivity contribution is 0.0492. The van der Waals surface area contributed by atoms with E-state index in [-0.39, 0.29) is 5.91 Å². The highest BCUT2D eigenvalue weighted by Crippen LogP contribution is 2.30. The van der Waals surface area contributed by atoms with Crippen LogP contribution in [0, 0.1) is 0 Å². The summed E-state index contributed by atoms with van der Waals surface area (Å²) in [6, 6.07) is 3.21. The minimum absolute atomic E-state index is 0.00949. The highest BCUT2D eigenvalue weighted by molar-refractivity contribution is 5.92. The van der Waals surface area contributed by atoms with Gasteiger partial charge in [-0.3, -0.25) is 14.4 Å². The molecule has 0 bridgehead atoms. The van der Waals surface area contributed by atoms with Crippen LogP contribution in [-0.2, 0) is 13.1 Å². The van der Waals surface area contributed by atoms with E-state index < -0.39 is 0 Å². The van der Waals surface area contributed by atoms with Crippen molar-refractivity contribution < 1.29 is 4.79 Å². The van der Waals surface area contributed by atoms with Gasteiger partial charge in [-0.1, -0.05) is 6.42 Å². The van der Waals surface area contributed by atoms with Crippen LogP contribution in [0.25, 0.3) is 0 Å². The zero-order valence-electron chi connectivity index (χ0n) is 12.0. The number of carbonyl (C=O) groups is 1. The first kappa shape index (κ1) is 12.7. The maximum atomic E-state index is 12.0. The molecule has 0 N–H and O–H groups in total. The molecule has 0 spiro atoms. The Morgan fingerprint density at radius 3 is 2.74 bits per heavy atom. The molecule has 1 atom stereocenters. The maximum absolute atomic E-state index is 12.0. The van der Waals surface area contributed by atoms with E-state index in [9.17, 15) is 4.79 Å². The number of hydrogen-bond acceptors (Lipinski definition) is 3. The van der Waals surface area contributed by atoms with Crippen molar-refractivity contribution in [2.75, 3.05) is 14.1 Å². The molecule has 1 aromatic heterocycles. The Hall–Kier alpha value is -1.36. The molecule has 1 amide bonds. The van der Waals surface area contributed by atoms with Gasteiger partial charge >= 0.3 is 0 Å². The molecular weight excluding hydrogens is 240 g/mol. The zero-order valence-corrected chi connectivity index (χ0v) is 12.0. The van der Waals surface area contributed by atoms with Crippen molar-refractivity contribution >= 4 is 5.91 Å². The SMILES string of the molecule is CC1Cn2nc(C(=O)N(C)C)cc2CN1C1CCC1. The van der Waals surface area contributed by atoms with Crippen LogP contribution in [0.2, 0.25) is 0 Å². The largest absolute Gasteiger partial charge is 0.343 e. The van der Waals surface area contributed by atoms with Crippen LogP contribution < -0.4 is 0 Å². The van der Waals surface area contributed by atoms with Crippen LogP contribution in [0.5, 0.6) is 0 Å². The third-order valence-corrected chi connectivity index (χ3v) is 4.38. The lowest BCUT2D eigenvalue weighted by Gasteiger charge is -2.43. The van der Waals surface area contributed by atoms with Gasteiger partial charge < -0.3 is 4.90 Å². The Labute approximate surface area is 114 Å². The van der Waals surface area contributed by atoms with E-state index in [1.807, 2.05) is 10.7 Å². The second-order valence-electron chi connectivity index (χ2n) is 6.01. The van der Waals surface area contributed by atoms with Crippen molar-refractivity contribution in [3.63, 3.8) is 0 Å². The Morgan fingerprint density at radius 1 is 1.42 bits per heavy atom. The summed E-state index contributed by atoms with van der Waals surface area (Å²) in [7, 11) is 3.54. The van der Waals surface area contributed by atoms with Crippen molar-refractivity contribution in [1.29, 1.82) is 0 Å². The van der Waals surface area contributed by atoms with Crippen LogP contribution >= 0.6 is 0 Å². The molecule has 2 heterocycles. The molecule has 0 saturated heterocycles. The van der Waals surface area contributed by atoms with E-state index in [0.29, 0.717) is 11.7 Å². The molecule has 1 unspecified atom stereocenters. The monoisotopic (exact) mass is 262 g/mol. The van der Waals surface area contributed by atoms with Gasteiger partial charge in [0.25, 0.3) is 5.91 Å². The molecular formula is C14H22N4O. The fourth-order valence-corrected chi connectivity index (χ4v) is 2.98. The fourth-order valence-electron chi connectivity index (χ4n) is 2.98. The van der Waals surface area contributed by atoms with Gasteiger partial charge in [-0.2, -0.15) is 5.10 Å². The van der Waals surface area contributed by atoms with Gasteiger partial charge in [-0.25, -0.2) is 0 Å². The predicted molar refractivity (Wildman–Crippen MR) is 72.9 cm³/mol. The second-order valence-corrected chi connectivity index (χ2v) is 6.01. The second kappa shape index (κ2) is 4.63. The summed E-state index contributed by atoms with van der Waals surface area (Å²) in [6.07, 6.45) is 4.00. The average molecular weight is 262 g/mol. The van der Waals surface area contributed by atoms with Gasteiger partial charge in [-0.15, -0.1) is 0 Å². The minimum Gasteiger partial charge on any atom is -0.343 e. The summed E-state index contributed by atoms with van der Waals surface area (Å²) in [5, 5.41) is 4.46. The van der Waals surface area contributed by atoms with E-state index in [4.69, 9.17) is 0 Å². The molecule has 1 aliphatic carbocycles. The van der Waals surface area contributed by atoms with Gasteiger partial charge in [0.15, 0.2) is 5.69 Å². The number of aromatic nitrogens is 2. The fraction of sp³-hybridized carbons (Fsp3) is 0.714. The van der Waals surface area contributed by atoms with Crippen molar-refractivity contribution in [2.45, 2.75) is 51.4 Å². The molecule has 1 aromatic rings. The van der Waals surface area contributed by atoms with E-state index in [2.05, 4.69) is 16.9 Å². The van der Waals surface area contributed by atoms with Crippen molar-refractivity contribution in [3.05, 3.63) is 17.5 Å². The first-order valence-electron chi connectivity index (χ1n) is 7.10. The first-order valence-corrected chi connectivity index (χ1v) is 7.10. The lowest BCUT2D eigenvalue weighted by atomic mass is 9.90. The minimum atomic E-state index is -0.00949. The lowest BCUT2D eigenvalue weighted by Crippen LogP contribution is -2.49. The third kappa shape index (κ3) is 2.16. The summed E-state index contributed by atoms with van der Waals surface area (Å²) < 4.78 is 2.01. The molecule has 1 fully saturated rings. The average Bonchev–Trinajstić information content (AvgIpc) is 2.68. The molecule has 3 rings (SSSR count). The Bertz CT molecular complexity index is 490. The third-order valence-electron chi connectivity index (χ3n) is 4.38. The van der Waals surface area contributed by atoms with E-state index in [0.717, 1.165) is 19.1 Å². The van der Waals surface area contributed by atoms with Crippen LogP contribution in [0.3, 0.4) is 0 Å². The zero-order chi connectivity index (χ0) is 13.6.